The summed E-state index contributed by atoms with van der Waals surface area (Å²) in [6.45, 7) is 2.09. The normalized spacial score (nSPS) is 11.0. The molecule has 0 radical (unpaired) electrons. The number of nitrogens with zero attached hydrogens (tertiary/aromatic N) is 4. The number of para-hydroxylation sites is 1. The number of rotatable bonds is 2. The Morgan fingerprint density at radius 2 is 1.77 bits per heavy atom. The summed E-state index contributed by atoms with van der Waals surface area (Å²) in [5, 5.41) is 0. The highest BCUT2D eigenvalue weighted by molar-refractivity contribution is 5.80. The summed E-state index contributed by atoms with van der Waals surface area (Å²) in [6, 6.07) is 16.1. The molecule has 22 heavy (non-hydrogen) atoms. The third kappa shape index (κ3) is 1.97. The van der Waals surface area contributed by atoms with Crippen molar-refractivity contribution < 1.29 is 0 Å². The SMILES string of the molecule is Cc1ccccc1-n1c(-c2cccnc2)nc2cccnc21. The fraction of sp³-hybridized carbons (Fsp3) is 0.0556. The van der Waals surface area contributed by atoms with Crippen LogP contribution < -0.4 is 0 Å². The minimum atomic E-state index is 0.857. The molecular weight excluding hydrogens is 272 g/mol. The van der Waals surface area contributed by atoms with Gasteiger partial charge in [0, 0.05) is 24.2 Å². The lowest BCUT2D eigenvalue weighted by molar-refractivity contribution is 1.06. The van der Waals surface area contributed by atoms with Crippen molar-refractivity contribution in [1.29, 1.82) is 0 Å². The van der Waals surface area contributed by atoms with Gasteiger partial charge in [-0.25, -0.2) is 9.97 Å². The van der Waals surface area contributed by atoms with Crippen molar-refractivity contribution in [3.63, 3.8) is 0 Å². The van der Waals surface area contributed by atoms with Gasteiger partial charge >= 0.3 is 0 Å². The van der Waals surface area contributed by atoms with Crippen LogP contribution in [0, 0.1) is 6.92 Å². The Balaban J connectivity index is 2.10. The maximum atomic E-state index is 4.76. The summed E-state index contributed by atoms with van der Waals surface area (Å²) in [5.74, 6) is 0.858. The molecule has 0 saturated carbocycles. The molecule has 0 atom stereocenters. The second-order valence-electron chi connectivity index (χ2n) is 5.15. The average Bonchev–Trinajstić information content (AvgIpc) is 2.95. The van der Waals surface area contributed by atoms with E-state index in [1.807, 2.05) is 42.6 Å². The summed E-state index contributed by atoms with van der Waals surface area (Å²) < 4.78 is 2.10. The smallest absolute Gasteiger partial charge is 0.164 e. The standard InChI is InChI=1S/C18H14N4/c1-13-6-2-3-9-16(13)22-17(14-7-4-10-19-12-14)21-15-8-5-11-20-18(15)22/h2-12H,1H3. The largest absolute Gasteiger partial charge is 0.276 e. The molecule has 0 aliphatic rings. The summed E-state index contributed by atoms with van der Waals surface area (Å²) in [6.07, 6.45) is 5.39. The molecule has 0 spiro atoms. The van der Waals surface area contributed by atoms with Crippen molar-refractivity contribution in [3.8, 4) is 17.1 Å². The molecule has 0 saturated heterocycles. The Bertz CT molecular complexity index is 942. The van der Waals surface area contributed by atoms with E-state index >= 15 is 0 Å². The molecule has 3 heterocycles. The van der Waals surface area contributed by atoms with E-state index in [0.29, 0.717) is 0 Å². The predicted molar refractivity (Wildman–Crippen MR) is 86.8 cm³/mol. The number of imidazole rings is 1. The Morgan fingerprint density at radius 3 is 2.59 bits per heavy atom. The number of hydrogen-bond acceptors (Lipinski definition) is 3. The van der Waals surface area contributed by atoms with Crippen LogP contribution in [0.2, 0.25) is 0 Å². The Morgan fingerprint density at radius 1 is 0.909 bits per heavy atom. The molecule has 0 aliphatic heterocycles. The number of benzene rings is 1. The predicted octanol–water partition coefficient (Wildman–Crippen LogP) is 3.79. The van der Waals surface area contributed by atoms with Crippen molar-refractivity contribution in [1.82, 2.24) is 19.5 Å². The van der Waals surface area contributed by atoms with Gasteiger partial charge in [-0.05, 0) is 42.8 Å². The molecule has 0 unspecified atom stereocenters. The Kier molecular flexibility index (Phi) is 2.93. The molecule has 106 valence electrons. The highest BCUT2D eigenvalue weighted by atomic mass is 15.1. The lowest BCUT2D eigenvalue weighted by atomic mass is 10.2. The van der Waals surface area contributed by atoms with Crippen LogP contribution in [0.4, 0.5) is 0 Å². The van der Waals surface area contributed by atoms with E-state index in [9.17, 15) is 0 Å². The van der Waals surface area contributed by atoms with Crippen molar-refractivity contribution >= 4 is 11.2 Å². The van der Waals surface area contributed by atoms with Gasteiger partial charge in [0.15, 0.2) is 5.65 Å². The second kappa shape index (κ2) is 5.07. The molecule has 3 aromatic heterocycles. The summed E-state index contributed by atoms with van der Waals surface area (Å²) >= 11 is 0. The van der Waals surface area contributed by atoms with Gasteiger partial charge in [0.2, 0.25) is 0 Å². The van der Waals surface area contributed by atoms with Crippen LogP contribution in [-0.2, 0) is 0 Å². The van der Waals surface area contributed by atoms with Gasteiger partial charge in [0.05, 0.1) is 5.69 Å². The Labute approximate surface area is 128 Å². The fourth-order valence-corrected chi connectivity index (χ4v) is 2.64. The van der Waals surface area contributed by atoms with Gasteiger partial charge in [-0.15, -0.1) is 0 Å². The van der Waals surface area contributed by atoms with Crippen molar-refractivity contribution in [3.05, 3.63) is 72.7 Å². The Hall–Kier alpha value is -3.01. The minimum Gasteiger partial charge on any atom is -0.276 e. The topological polar surface area (TPSA) is 43.6 Å². The first-order valence-electron chi connectivity index (χ1n) is 7.14. The molecule has 0 amide bonds. The summed E-state index contributed by atoms with van der Waals surface area (Å²) in [7, 11) is 0. The van der Waals surface area contributed by atoms with Crippen LogP contribution in [0.1, 0.15) is 5.56 Å². The van der Waals surface area contributed by atoms with Crippen LogP contribution in [0.15, 0.2) is 67.1 Å². The van der Waals surface area contributed by atoms with Crippen LogP contribution in [0.5, 0.6) is 0 Å². The van der Waals surface area contributed by atoms with E-state index in [1.165, 1.54) is 5.56 Å². The zero-order valence-electron chi connectivity index (χ0n) is 12.1. The lowest BCUT2D eigenvalue weighted by Gasteiger charge is -2.11. The molecule has 4 heteroatoms. The molecule has 0 fully saturated rings. The molecule has 4 aromatic rings. The van der Waals surface area contributed by atoms with Crippen LogP contribution >= 0.6 is 0 Å². The van der Waals surface area contributed by atoms with Gasteiger partial charge in [0.25, 0.3) is 0 Å². The maximum Gasteiger partial charge on any atom is 0.164 e. The van der Waals surface area contributed by atoms with Crippen molar-refractivity contribution in [2.75, 3.05) is 0 Å². The first kappa shape index (κ1) is 12.7. The molecule has 4 rings (SSSR count). The summed E-state index contributed by atoms with van der Waals surface area (Å²) in [5.41, 5.74) is 4.98. The van der Waals surface area contributed by atoms with E-state index in [2.05, 4.69) is 33.6 Å². The van der Waals surface area contributed by atoms with Gasteiger partial charge in [-0.2, -0.15) is 0 Å². The fourth-order valence-electron chi connectivity index (χ4n) is 2.64. The number of aromatic nitrogens is 4. The first-order valence-corrected chi connectivity index (χ1v) is 7.14. The highest BCUT2D eigenvalue weighted by Gasteiger charge is 2.16. The zero-order chi connectivity index (χ0) is 14.9. The second-order valence-corrected chi connectivity index (χ2v) is 5.15. The molecule has 0 aliphatic carbocycles. The van der Waals surface area contributed by atoms with E-state index < -0.39 is 0 Å². The van der Waals surface area contributed by atoms with E-state index in [4.69, 9.17) is 4.98 Å². The van der Waals surface area contributed by atoms with Gasteiger partial charge in [0.1, 0.15) is 11.3 Å². The molecule has 0 bridgehead atoms. The van der Waals surface area contributed by atoms with E-state index in [-0.39, 0.29) is 0 Å². The monoisotopic (exact) mass is 286 g/mol. The maximum absolute atomic E-state index is 4.76. The summed E-state index contributed by atoms with van der Waals surface area (Å²) in [4.78, 5) is 13.5. The molecule has 1 aromatic carbocycles. The minimum absolute atomic E-state index is 0.857. The van der Waals surface area contributed by atoms with Crippen molar-refractivity contribution in [2.24, 2.45) is 0 Å². The highest BCUT2D eigenvalue weighted by Crippen LogP contribution is 2.28. The molecule has 0 N–H and O–H groups in total. The molecule has 4 nitrogen and oxygen atoms in total. The zero-order valence-corrected chi connectivity index (χ0v) is 12.1. The van der Waals surface area contributed by atoms with Crippen LogP contribution in [-0.4, -0.2) is 19.5 Å². The third-order valence-corrected chi connectivity index (χ3v) is 3.69. The van der Waals surface area contributed by atoms with Crippen LogP contribution in [0.25, 0.3) is 28.2 Å². The lowest BCUT2D eigenvalue weighted by Crippen LogP contribution is -2.00. The number of hydrogen-bond donors (Lipinski definition) is 0. The third-order valence-electron chi connectivity index (χ3n) is 3.69. The van der Waals surface area contributed by atoms with Gasteiger partial charge in [-0.1, -0.05) is 18.2 Å². The number of aryl methyl sites for hydroxylation is 1. The molecular formula is C18H14N4. The average molecular weight is 286 g/mol. The van der Waals surface area contributed by atoms with Crippen molar-refractivity contribution in [2.45, 2.75) is 6.92 Å². The van der Waals surface area contributed by atoms with Gasteiger partial charge < -0.3 is 0 Å². The number of pyridine rings is 2. The van der Waals surface area contributed by atoms with Gasteiger partial charge in [-0.3, -0.25) is 9.55 Å². The first-order chi connectivity index (χ1) is 10.8. The van der Waals surface area contributed by atoms with E-state index in [1.54, 1.807) is 12.4 Å². The van der Waals surface area contributed by atoms with E-state index in [0.717, 1.165) is 28.2 Å². The number of fused-ring (bicyclic) bond motifs is 1. The van der Waals surface area contributed by atoms with Crippen LogP contribution in [0.3, 0.4) is 0 Å². The quantitative estimate of drug-likeness (QED) is 0.563.